The minimum absolute atomic E-state index is 0.264. The number of halogens is 1. The fourth-order valence-electron chi connectivity index (χ4n) is 1.77. The van der Waals surface area contributed by atoms with Crippen LogP contribution in [-0.2, 0) is 4.79 Å². The molecule has 2 rings (SSSR count). The van der Waals surface area contributed by atoms with Crippen LogP contribution in [0.15, 0.2) is 4.47 Å². The first-order chi connectivity index (χ1) is 8.54. The molecular weight excluding hydrogens is 302 g/mol. The number of carboxylic acid groups (broad SMARTS) is 1. The molecule has 18 heavy (non-hydrogen) atoms. The van der Waals surface area contributed by atoms with Crippen molar-refractivity contribution in [2.45, 2.75) is 25.7 Å². The van der Waals surface area contributed by atoms with Gasteiger partial charge < -0.3 is 10.0 Å². The standard InChI is InChI=1S/C11H14BrN3O3/c1-2-15(5-7(16)17)11(18)10-8(12)9(13-14-10)6-3-4-6/h6H,2-5H2,1H3,(H,13,14)(H,16,17). The average Bonchev–Trinajstić information content (AvgIpc) is 3.09. The first-order valence-electron chi connectivity index (χ1n) is 5.79. The van der Waals surface area contributed by atoms with Gasteiger partial charge in [0.15, 0.2) is 5.69 Å². The first kappa shape index (κ1) is 13.1. The van der Waals surface area contributed by atoms with Crippen LogP contribution in [0.4, 0.5) is 0 Å². The molecule has 0 atom stereocenters. The van der Waals surface area contributed by atoms with E-state index in [-0.39, 0.29) is 18.1 Å². The molecule has 1 aromatic heterocycles. The van der Waals surface area contributed by atoms with E-state index in [1.807, 2.05) is 0 Å². The SMILES string of the molecule is CCN(CC(=O)O)C(=O)c1n[nH]c(C2CC2)c1Br. The molecule has 0 spiro atoms. The third-order valence-electron chi connectivity index (χ3n) is 2.92. The predicted molar refractivity (Wildman–Crippen MR) is 67.5 cm³/mol. The van der Waals surface area contributed by atoms with Gasteiger partial charge in [0.2, 0.25) is 0 Å². The van der Waals surface area contributed by atoms with Gasteiger partial charge in [0.25, 0.3) is 5.91 Å². The zero-order valence-corrected chi connectivity index (χ0v) is 11.5. The number of rotatable bonds is 5. The van der Waals surface area contributed by atoms with Crippen LogP contribution in [-0.4, -0.2) is 45.2 Å². The quantitative estimate of drug-likeness (QED) is 0.864. The topological polar surface area (TPSA) is 86.3 Å². The minimum atomic E-state index is -1.03. The molecule has 1 fully saturated rings. The fourth-order valence-corrected chi connectivity index (χ4v) is 2.44. The van der Waals surface area contributed by atoms with Gasteiger partial charge in [-0.05, 0) is 35.7 Å². The Morgan fingerprint density at radius 1 is 1.56 bits per heavy atom. The van der Waals surface area contributed by atoms with E-state index < -0.39 is 5.97 Å². The summed E-state index contributed by atoms with van der Waals surface area (Å²) < 4.78 is 0.666. The molecule has 98 valence electrons. The van der Waals surface area contributed by atoms with Crippen molar-refractivity contribution < 1.29 is 14.7 Å². The zero-order valence-electron chi connectivity index (χ0n) is 9.94. The van der Waals surface area contributed by atoms with Crippen molar-refractivity contribution in [2.24, 2.45) is 0 Å². The Balaban J connectivity index is 2.19. The molecule has 1 amide bonds. The van der Waals surface area contributed by atoms with Gasteiger partial charge in [-0.1, -0.05) is 0 Å². The number of hydrogen-bond acceptors (Lipinski definition) is 3. The minimum Gasteiger partial charge on any atom is -0.480 e. The molecule has 0 aliphatic heterocycles. The second-order valence-corrected chi connectivity index (χ2v) is 5.08. The van der Waals surface area contributed by atoms with Crippen LogP contribution in [0.5, 0.6) is 0 Å². The molecule has 1 saturated carbocycles. The smallest absolute Gasteiger partial charge is 0.323 e. The summed E-state index contributed by atoms with van der Waals surface area (Å²) in [4.78, 5) is 24.1. The second kappa shape index (κ2) is 5.09. The van der Waals surface area contributed by atoms with Gasteiger partial charge in [-0.25, -0.2) is 0 Å². The zero-order chi connectivity index (χ0) is 13.3. The molecule has 1 aromatic rings. The summed E-state index contributed by atoms with van der Waals surface area (Å²) in [5.41, 5.74) is 1.20. The van der Waals surface area contributed by atoms with E-state index >= 15 is 0 Å². The lowest BCUT2D eigenvalue weighted by Gasteiger charge is -2.17. The summed E-state index contributed by atoms with van der Waals surface area (Å²) in [5, 5.41) is 15.6. The van der Waals surface area contributed by atoms with Gasteiger partial charge in [-0.15, -0.1) is 0 Å². The van der Waals surface area contributed by atoms with E-state index in [2.05, 4.69) is 26.1 Å². The maximum Gasteiger partial charge on any atom is 0.323 e. The van der Waals surface area contributed by atoms with Gasteiger partial charge in [0.05, 0.1) is 10.2 Å². The van der Waals surface area contributed by atoms with Crippen LogP contribution < -0.4 is 0 Å². The van der Waals surface area contributed by atoms with Gasteiger partial charge >= 0.3 is 5.97 Å². The summed E-state index contributed by atoms with van der Waals surface area (Å²) in [6, 6.07) is 0. The van der Waals surface area contributed by atoms with E-state index in [0.717, 1.165) is 18.5 Å². The predicted octanol–water partition coefficient (Wildman–Crippen LogP) is 1.60. The van der Waals surface area contributed by atoms with Crippen molar-refractivity contribution in [3.8, 4) is 0 Å². The van der Waals surface area contributed by atoms with Crippen LogP contribution in [0, 0.1) is 0 Å². The van der Waals surface area contributed by atoms with Crippen molar-refractivity contribution in [1.82, 2.24) is 15.1 Å². The fraction of sp³-hybridized carbons (Fsp3) is 0.545. The van der Waals surface area contributed by atoms with Crippen LogP contribution >= 0.6 is 15.9 Å². The van der Waals surface area contributed by atoms with E-state index in [1.54, 1.807) is 6.92 Å². The molecule has 1 heterocycles. The molecule has 7 heteroatoms. The molecule has 2 N–H and O–H groups in total. The van der Waals surface area contributed by atoms with Crippen LogP contribution in [0.1, 0.15) is 41.9 Å². The number of nitrogens with one attached hydrogen (secondary N) is 1. The Bertz CT molecular complexity index is 482. The highest BCUT2D eigenvalue weighted by Crippen LogP contribution is 2.43. The number of aromatic nitrogens is 2. The van der Waals surface area contributed by atoms with Crippen molar-refractivity contribution in [1.29, 1.82) is 0 Å². The van der Waals surface area contributed by atoms with Crippen molar-refractivity contribution >= 4 is 27.8 Å². The number of carboxylic acids is 1. The Labute approximate surface area is 112 Å². The third kappa shape index (κ3) is 2.55. The summed E-state index contributed by atoms with van der Waals surface area (Å²) in [6.07, 6.45) is 2.20. The number of amides is 1. The maximum absolute atomic E-state index is 12.1. The molecule has 0 aromatic carbocycles. The molecule has 6 nitrogen and oxygen atoms in total. The number of aliphatic carboxylic acids is 1. The molecule has 0 unspecified atom stereocenters. The lowest BCUT2D eigenvalue weighted by molar-refractivity contribution is -0.137. The number of hydrogen-bond donors (Lipinski definition) is 2. The number of carbonyl (C=O) groups excluding carboxylic acids is 1. The van der Waals surface area contributed by atoms with Crippen molar-refractivity contribution in [3.63, 3.8) is 0 Å². The third-order valence-corrected chi connectivity index (χ3v) is 3.72. The lowest BCUT2D eigenvalue weighted by atomic mass is 10.2. The largest absolute Gasteiger partial charge is 0.480 e. The van der Waals surface area contributed by atoms with Crippen LogP contribution in [0.3, 0.4) is 0 Å². The Morgan fingerprint density at radius 3 is 2.72 bits per heavy atom. The average molecular weight is 316 g/mol. The molecule has 1 aliphatic rings. The highest BCUT2D eigenvalue weighted by molar-refractivity contribution is 9.10. The van der Waals surface area contributed by atoms with Crippen LogP contribution in [0.2, 0.25) is 0 Å². The van der Waals surface area contributed by atoms with Gasteiger partial charge in [0, 0.05) is 12.5 Å². The summed E-state index contributed by atoms with van der Waals surface area (Å²) in [7, 11) is 0. The Hall–Kier alpha value is -1.37. The lowest BCUT2D eigenvalue weighted by Crippen LogP contribution is -2.35. The van der Waals surface area contributed by atoms with E-state index in [9.17, 15) is 9.59 Å². The van der Waals surface area contributed by atoms with E-state index in [0.29, 0.717) is 16.9 Å². The molecule has 0 bridgehead atoms. The van der Waals surface area contributed by atoms with E-state index in [4.69, 9.17) is 5.11 Å². The van der Waals surface area contributed by atoms with Crippen molar-refractivity contribution in [2.75, 3.05) is 13.1 Å². The van der Waals surface area contributed by atoms with Gasteiger partial charge in [-0.2, -0.15) is 5.10 Å². The molecule has 1 aliphatic carbocycles. The summed E-state index contributed by atoms with van der Waals surface area (Å²) in [6.45, 7) is 1.76. The Morgan fingerprint density at radius 2 is 2.22 bits per heavy atom. The van der Waals surface area contributed by atoms with E-state index in [1.165, 1.54) is 4.90 Å². The number of likely N-dealkylation sites (N-methyl/N-ethyl adjacent to an activating group) is 1. The second-order valence-electron chi connectivity index (χ2n) is 4.29. The number of carbonyl (C=O) groups is 2. The molecule has 0 saturated heterocycles. The molecular formula is C11H14BrN3O3. The maximum atomic E-state index is 12.1. The summed E-state index contributed by atoms with van der Waals surface area (Å²) in [5.74, 6) is -0.947. The van der Waals surface area contributed by atoms with Crippen LogP contribution in [0.25, 0.3) is 0 Å². The number of aromatic amines is 1. The Kier molecular flexibility index (Phi) is 3.70. The molecule has 0 radical (unpaired) electrons. The summed E-state index contributed by atoms with van der Waals surface area (Å²) >= 11 is 3.37. The van der Waals surface area contributed by atoms with Gasteiger partial charge in [0.1, 0.15) is 6.54 Å². The number of nitrogens with zero attached hydrogens (tertiary/aromatic N) is 2. The highest BCUT2D eigenvalue weighted by atomic mass is 79.9. The van der Waals surface area contributed by atoms with Gasteiger partial charge in [-0.3, -0.25) is 14.7 Å². The number of H-pyrrole nitrogens is 1. The monoisotopic (exact) mass is 315 g/mol. The highest BCUT2D eigenvalue weighted by Gasteiger charge is 2.31. The van der Waals surface area contributed by atoms with Crippen molar-refractivity contribution in [3.05, 3.63) is 15.9 Å². The first-order valence-corrected chi connectivity index (χ1v) is 6.58. The normalized spacial score (nSPS) is 14.6.